The molecule has 1 rings (SSSR count). The smallest absolute Gasteiger partial charge is 0.255 e. The average Bonchev–Trinajstić information content (AvgIpc) is 2.10. The number of aliphatic imine (C=N–C) groups is 1. The van der Waals surface area contributed by atoms with Crippen LogP contribution in [0.5, 0.6) is 0 Å². The molecule has 0 saturated heterocycles. The number of sulfone groups is 1. The SMILES string of the molecule is CN=C1NC=C(N)S1(=O)=O. The number of hydrogen-bond donors (Lipinski definition) is 2. The zero-order valence-electron chi connectivity index (χ0n) is 5.33. The lowest BCUT2D eigenvalue weighted by Gasteiger charge is -1.93. The maximum Gasteiger partial charge on any atom is 0.255 e. The summed E-state index contributed by atoms with van der Waals surface area (Å²) in [6, 6.07) is 0. The van der Waals surface area contributed by atoms with E-state index in [1.165, 1.54) is 13.2 Å². The Morgan fingerprint density at radius 2 is 2.30 bits per heavy atom. The van der Waals surface area contributed by atoms with Crippen LogP contribution in [0.3, 0.4) is 0 Å². The lowest BCUT2D eigenvalue weighted by atomic mass is 10.9. The summed E-state index contributed by atoms with van der Waals surface area (Å²) in [5.41, 5.74) is 5.11. The van der Waals surface area contributed by atoms with E-state index in [0.717, 1.165) is 0 Å². The molecule has 0 aromatic carbocycles. The zero-order valence-corrected chi connectivity index (χ0v) is 6.14. The summed E-state index contributed by atoms with van der Waals surface area (Å²) in [7, 11) is -2.06. The van der Waals surface area contributed by atoms with E-state index in [-0.39, 0.29) is 10.2 Å². The van der Waals surface area contributed by atoms with Gasteiger partial charge in [-0.2, -0.15) is 0 Å². The van der Waals surface area contributed by atoms with Crippen molar-refractivity contribution < 1.29 is 8.42 Å². The van der Waals surface area contributed by atoms with Gasteiger partial charge < -0.3 is 11.1 Å². The van der Waals surface area contributed by atoms with Crippen molar-refractivity contribution in [1.82, 2.24) is 5.32 Å². The average molecular weight is 161 g/mol. The van der Waals surface area contributed by atoms with Gasteiger partial charge in [0.05, 0.1) is 0 Å². The summed E-state index contributed by atoms with van der Waals surface area (Å²) in [6.07, 6.45) is 1.21. The number of rotatable bonds is 0. The van der Waals surface area contributed by atoms with E-state index in [4.69, 9.17) is 5.73 Å². The van der Waals surface area contributed by atoms with Gasteiger partial charge in [-0.05, 0) is 0 Å². The lowest BCUT2D eigenvalue weighted by Crippen LogP contribution is -2.21. The van der Waals surface area contributed by atoms with Crippen LogP contribution in [0.4, 0.5) is 0 Å². The molecule has 0 aromatic rings. The van der Waals surface area contributed by atoms with Crippen molar-refractivity contribution >= 4 is 15.0 Å². The van der Waals surface area contributed by atoms with Crippen LogP contribution in [0, 0.1) is 0 Å². The van der Waals surface area contributed by atoms with Gasteiger partial charge in [0.25, 0.3) is 9.84 Å². The molecule has 0 bridgehead atoms. The monoisotopic (exact) mass is 161 g/mol. The van der Waals surface area contributed by atoms with Crippen molar-refractivity contribution in [1.29, 1.82) is 0 Å². The van der Waals surface area contributed by atoms with Crippen LogP contribution in [0.25, 0.3) is 0 Å². The van der Waals surface area contributed by atoms with Crippen molar-refractivity contribution in [2.45, 2.75) is 0 Å². The molecule has 0 unspecified atom stereocenters. The third kappa shape index (κ3) is 0.766. The van der Waals surface area contributed by atoms with Crippen LogP contribution in [0.2, 0.25) is 0 Å². The van der Waals surface area contributed by atoms with Crippen molar-refractivity contribution in [2.24, 2.45) is 10.7 Å². The molecule has 1 aliphatic rings. The van der Waals surface area contributed by atoms with E-state index in [9.17, 15) is 8.42 Å². The number of nitrogens with one attached hydrogen (secondary N) is 1. The Labute approximate surface area is 58.5 Å². The van der Waals surface area contributed by atoms with E-state index in [1.54, 1.807) is 0 Å². The first kappa shape index (κ1) is 7.07. The Morgan fingerprint density at radius 3 is 2.50 bits per heavy atom. The Balaban J connectivity index is 3.22. The lowest BCUT2D eigenvalue weighted by molar-refractivity contribution is 0.612. The van der Waals surface area contributed by atoms with Crippen molar-refractivity contribution in [3.05, 3.63) is 11.2 Å². The van der Waals surface area contributed by atoms with E-state index >= 15 is 0 Å². The summed E-state index contributed by atoms with van der Waals surface area (Å²) in [5.74, 6) is 0. The van der Waals surface area contributed by atoms with Gasteiger partial charge in [0.1, 0.15) is 5.03 Å². The highest BCUT2D eigenvalue weighted by molar-refractivity contribution is 8.09. The molecule has 0 amide bonds. The van der Waals surface area contributed by atoms with Gasteiger partial charge >= 0.3 is 0 Å². The molecule has 0 aliphatic carbocycles. The second kappa shape index (κ2) is 1.98. The minimum atomic E-state index is -3.44. The molecule has 5 nitrogen and oxygen atoms in total. The quantitative estimate of drug-likeness (QED) is 0.465. The van der Waals surface area contributed by atoms with Crippen molar-refractivity contribution in [3.63, 3.8) is 0 Å². The fraction of sp³-hybridized carbons (Fsp3) is 0.250. The topological polar surface area (TPSA) is 84.5 Å². The second-order valence-corrected chi connectivity index (χ2v) is 3.59. The first-order chi connectivity index (χ1) is 4.59. The zero-order chi connectivity index (χ0) is 7.78. The summed E-state index contributed by atoms with van der Waals surface area (Å²) >= 11 is 0. The maximum atomic E-state index is 10.9. The van der Waals surface area contributed by atoms with E-state index in [2.05, 4.69) is 10.3 Å². The fourth-order valence-electron chi connectivity index (χ4n) is 0.584. The number of nitrogens with two attached hydrogens (primary N) is 1. The summed E-state index contributed by atoms with van der Waals surface area (Å²) in [4.78, 5) is 3.48. The van der Waals surface area contributed by atoms with Gasteiger partial charge in [0, 0.05) is 13.2 Å². The van der Waals surface area contributed by atoms with Gasteiger partial charge in [0.2, 0.25) is 5.17 Å². The van der Waals surface area contributed by atoms with Crippen LogP contribution in [-0.4, -0.2) is 20.6 Å². The fourth-order valence-corrected chi connectivity index (χ4v) is 1.48. The summed E-state index contributed by atoms with van der Waals surface area (Å²) in [6.45, 7) is 0. The molecule has 6 heteroatoms. The molecule has 1 heterocycles. The number of hydrogen-bond acceptors (Lipinski definition) is 4. The molecule has 3 N–H and O–H groups in total. The standard InChI is InChI=1S/C4H7N3O2S/c1-6-4-7-2-3(5)10(4,8)9/h2H,5H2,1H3,(H,6,7). The van der Waals surface area contributed by atoms with Gasteiger partial charge in [-0.25, -0.2) is 8.42 Å². The Morgan fingerprint density at radius 1 is 1.70 bits per heavy atom. The third-order valence-corrected chi connectivity index (χ3v) is 2.65. The Hall–Kier alpha value is -1.04. The second-order valence-electron chi connectivity index (χ2n) is 1.72. The number of nitrogens with zero attached hydrogens (tertiary/aromatic N) is 1. The van der Waals surface area contributed by atoms with Crippen LogP contribution in [0.15, 0.2) is 16.2 Å². The molecule has 0 saturated carbocycles. The molecule has 10 heavy (non-hydrogen) atoms. The largest absolute Gasteiger partial charge is 0.388 e. The highest BCUT2D eigenvalue weighted by Crippen LogP contribution is 2.06. The minimum absolute atomic E-state index is 0.0926. The normalized spacial score (nSPS) is 26.1. The molecule has 0 spiro atoms. The molecular weight excluding hydrogens is 154 g/mol. The first-order valence-electron chi connectivity index (χ1n) is 2.53. The molecule has 0 fully saturated rings. The maximum absolute atomic E-state index is 10.9. The Kier molecular flexibility index (Phi) is 1.40. The summed E-state index contributed by atoms with van der Waals surface area (Å²) < 4.78 is 21.9. The van der Waals surface area contributed by atoms with E-state index in [1.807, 2.05) is 0 Å². The van der Waals surface area contributed by atoms with Crippen LogP contribution in [-0.2, 0) is 9.84 Å². The Bertz CT molecular complexity index is 300. The molecule has 0 atom stereocenters. The highest BCUT2D eigenvalue weighted by Gasteiger charge is 2.27. The van der Waals surface area contributed by atoms with E-state index < -0.39 is 9.84 Å². The van der Waals surface area contributed by atoms with Crippen LogP contribution in [0.1, 0.15) is 0 Å². The van der Waals surface area contributed by atoms with Crippen LogP contribution < -0.4 is 11.1 Å². The minimum Gasteiger partial charge on any atom is -0.388 e. The highest BCUT2D eigenvalue weighted by atomic mass is 32.2. The van der Waals surface area contributed by atoms with Gasteiger partial charge in [-0.3, -0.25) is 4.99 Å². The molecule has 56 valence electrons. The van der Waals surface area contributed by atoms with Gasteiger partial charge in [-0.15, -0.1) is 0 Å². The summed E-state index contributed by atoms with van der Waals surface area (Å²) in [5, 5.41) is 2.14. The van der Waals surface area contributed by atoms with E-state index in [0.29, 0.717) is 0 Å². The van der Waals surface area contributed by atoms with Gasteiger partial charge in [0.15, 0.2) is 0 Å². The van der Waals surface area contributed by atoms with Crippen molar-refractivity contribution in [3.8, 4) is 0 Å². The van der Waals surface area contributed by atoms with Gasteiger partial charge in [-0.1, -0.05) is 0 Å². The first-order valence-corrected chi connectivity index (χ1v) is 4.01. The molecular formula is C4H7N3O2S. The molecule has 1 aliphatic heterocycles. The predicted molar refractivity (Wildman–Crippen MR) is 37.7 cm³/mol. The third-order valence-electron chi connectivity index (χ3n) is 1.11. The molecule has 0 aromatic heterocycles. The van der Waals surface area contributed by atoms with Crippen LogP contribution >= 0.6 is 0 Å². The molecule has 0 radical (unpaired) electrons. The van der Waals surface area contributed by atoms with Crippen molar-refractivity contribution in [2.75, 3.05) is 7.05 Å². The predicted octanol–water partition coefficient (Wildman–Crippen LogP) is -1.25. The number of amidine groups is 1.